The van der Waals surface area contributed by atoms with Crippen LogP contribution in [0.1, 0.15) is 0 Å². The first kappa shape index (κ1) is 18.8. The molecule has 0 amide bonds. The summed E-state index contributed by atoms with van der Waals surface area (Å²) in [4.78, 5) is 19.1. The Kier molecular flexibility index (Phi) is 5.05. The molecule has 0 aliphatic heterocycles. The topological polar surface area (TPSA) is 93.0 Å². The van der Waals surface area contributed by atoms with Crippen molar-refractivity contribution in [2.24, 2.45) is 0 Å². The maximum absolute atomic E-state index is 14.2. The third kappa shape index (κ3) is 3.85. The number of nitrogens with one attached hydrogen (secondary N) is 2. The van der Waals surface area contributed by atoms with E-state index in [1.54, 1.807) is 12.1 Å². The lowest BCUT2D eigenvalue weighted by molar-refractivity contribution is -0.383. The Morgan fingerprint density at radius 2 is 1.62 bits per heavy atom. The molecule has 4 rings (SSSR count). The molecule has 29 heavy (non-hydrogen) atoms. The van der Waals surface area contributed by atoms with Crippen molar-refractivity contribution in [1.29, 1.82) is 0 Å². The largest absolute Gasteiger partial charge is 0.353 e. The summed E-state index contributed by atoms with van der Waals surface area (Å²) in [6.45, 7) is 0. The molecule has 0 spiro atoms. The van der Waals surface area contributed by atoms with Gasteiger partial charge in [-0.05, 0) is 29.7 Å². The second-order valence-corrected chi connectivity index (χ2v) is 6.99. The zero-order valence-electron chi connectivity index (χ0n) is 14.8. The zero-order valence-corrected chi connectivity index (χ0v) is 16.4. The number of nitro groups is 1. The van der Waals surface area contributed by atoms with Gasteiger partial charge in [0.2, 0.25) is 11.6 Å². The van der Waals surface area contributed by atoms with Crippen LogP contribution in [0.4, 0.5) is 33.1 Å². The quantitative estimate of drug-likeness (QED) is 0.287. The van der Waals surface area contributed by atoms with Crippen molar-refractivity contribution in [2.75, 3.05) is 10.6 Å². The van der Waals surface area contributed by atoms with Crippen molar-refractivity contribution >= 4 is 55.4 Å². The first-order chi connectivity index (χ1) is 14.0. The highest BCUT2D eigenvalue weighted by Gasteiger charge is 2.24. The lowest BCUT2D eigenvalue weighted by Crippen LogP contribution is -2.06. The van der Waals surface area contributed by atoms with Crippen LogP contribution in [0.15, 0.2) is 71.5 Å². The van der Waals surface area contributed by atoms with E-state index >= 15 is 0 Å². The van der Waals surface area contributed by atoms with Gasteiger partial charge >= 0.3 is 5.69 Å². The summed E-state index contributed by atoms with van der Waals surface area (Å²) in [5, 5.41) is 19.3. The fraction of sp³-hybridized carbons (Fsp3) is 0. The van der Waals surface area contributed by atoms with Gasteiger partial charge in [-0.15, -0.1) is 0 Å². The number of hydrogen-bond acceptors (Lipinski definition) is 6. The van der Waals surface area contributed by atoms with Crippen LogP contribution in [0.5, 0.6) is 0 Å². The fourth-order valence-electron chi connectivity index (χ4n) is 2.92. The number of aromatic nitrogens is 2. The van der Waals surface area contributed by atoms with Crippen LogP contribution in [0.3, 0.4) is 0 Å². The van der Waals surface area contributed by atoms with Crippen molar-refractivity contribution in [3.63, 3.8) is 0 Å². The molecule has 2 N–H and O–H groups in total. The van der Waals surface area contributed by atoms with E-state index in [4.69, 9.17) is 0 Å². The van der Waals surface area contributed by atoms with Crippen LogP contribution >= 0.6 is 15.9 Å². The molecule has 0 saturated carbocycles. The van der Waals surface area contributed by atoms with Crippen molar-refractivity contribution < 1.29 is 9.31 Å². The number of hydrogen-bond donors (Lipinski definition) is 2. The van der Waals surface area contributed by atoms with Crippen LogP contribution < -0.4 is 10.6 Å². The van der Waals surface area contributed by atoms with Gasteiger partial charge in [-0.1, -0.05) is 52.3 Å². The van der Waals surface area contributed by atoms with Crippen LogP contribution in [-0.4, -0.2) is 14.9 Å². The fourth-order valence-corrected chi connectivity index (χ4v) is 3.25. The van der Waals surface area contributed by atoms with Crippen LogP contribution in [-0.2, 0) is 0 Å². The first-order valence-electron chi connectivity index (χ1n) is 8.49. The van der Waals surface area contributed by atoms with E-state index in [2.05, 4.69) is 36.5 Å². The molecule has 1 aromatic heterocycles. The van der Waals surface area contributed by atoms with Gasteiger partial charge in [0.15, 0.2) is 0 Å². The predicted octanol–water partition coefficient (Wildman–Crippen LogP) is 5.93. The molecular formula is C20H13BrFN5O2. The summed E-state index contributed by atoms with van der Waals surface area (Å²) in [6.07, 6.45) is 1.18. The molecule has 9 heteroatoms. The second-order valence-electron chi connectivity index (χ2n) is 6.08. The second kappa shape index (κ2) is 7.80. The molecule has 0 aliphatic carbocycles. The molecule has 4 aromatic rings. The average Bonchev–Trinajstić information content (AvgIpc) is 2.70. The first-order valence-corrected chi connectivity index (χ1v) is 9.28. The average molecular weight is 454 g/mol. The number of nitrogens with zero attached hydrogens (tertiary/aromatic N) is 3. The normalized spacial score (nSPS) is 10.7. The van der Waals surface area contributed by atoms with Gasteiger partial charge in [0.1, 0.15) is 12.1 Å². The Balaban J connectivity index is 1.76. The lowest BCUT2D eigenvalue weighted by Gasteiger charge is -2.12. The van der Waals surface area contributed by atoms with Crippen molar-refractivity contribution in [3.8, 4) is 0 Å². The Labute approximate surface area is 172 Å². The van der Waals surface area contributed by atoms with E-state index in [0.717, 1.165) is 10.8 Å². The van der Waals surface area contributed by atoms with Crippen LogP contribution in [0, 0.1) is 15.9 Å². The molecule has 0 bridgehead atoms. The van der Waals surface area contributed by atoms with Crippen LogP contribution in [0.25, 0.3) is 10.8 Å². The van der Waals surface area contributed by atoms with E-state index in [0.29, 0.717) is 10.2 Å². The maximum atomic E-state index is 14.2. The number of benzene rings is 3. The van der Waals surface area contributed by atoms with E-state index in [1.807, 2.05) is 36.4 Å². The summed E-state index contributed by atoms with van der Waals surface area (Å²) < 4.78 is 14.7. The molecule has 1 heterocycles. The van der Waals surface area contributed by atoms with Gasteiger partial charge in [-0.2, -0.15) is 0 Å². The van der Waals surface area contributed by atoms with Crippen molar-refractivity contribution in [3.05, 3.63) is 87.4 Å². The Morgan fingerprint density at radius 3 is 2.34 bits per heavy atom. The molecule has 0 saturated heterocycles. The third-order valence-electron chi connectivity index (χ3n) is 4.23. The molecule has 0 atom stereocenters. The van der Waals surface area contributed by atoms with Crippen molar-refractivity contribution in [2.45, 2.75) is 0 Å². The molecule has 0 radical (unpaired) electrons. The molecule has 0 unspecified atom stereocenters. The monoisotopic (exact) mass is 453 g/mol. The highest BCUT2D eigenvalue weighted by molar-refractivity contribution is 9.10. The SMILES string of the molecule is O=[N+]([O-])c1c(Nc2ccc(Br)cc2F)ncnc1Nc1cccc2ccccc12. The van der Waals surface area contributed by atoms with Gasteiger partial charge in [0.05, 0.1) is 10.6 Å². The number of rotatable bonds is 5. The van der Waals surface area contributed by atoms with Gasteiger partial charge in [-0.25, -0.2) is 14.4 Å². The van der Waals surface area contributed by atoms with E-state index in [9.17, 15) is 14.5 Å². The molecule has 0 aliphatic rings. The van der Waals surface area contributed by atoms with E-state index in [-0.39, 0.29) is 23.0 Å². The smallest absolute Gasteiger partial charge is 0.334 e. The number of anilines is 4. The highest BCUT2D eigenvalue weighted by atomic mass is 79.9. The molecule has 7 nitrogen and oxygen atoms in total. The van der Waals surface area contributed by atoms with Gasteiger partial charge in [-0.3, -0.25) is 10.1 Å². The lowest BCUT2D eigenvalue weighted by atomic mass is 10.1. The van der Waals surface area contributed by atoms with E-state index in [1.165, 1.54) is 18.5 Å². The predicted molar refractivity (Wildman–Crippen MR) is 113 cm³/mol. The number of fused-ring (bicyclic) bond motifs is 1. The Hall–Kier alpha value is -3.59. The minimum absolute atomic E-state index is 0.00127. The summed E-state index contributed by atoms with van der Waals surface area (Å²) >= 11 is 3.18. The standard InChI is InChI=1S/C20H13BrFN5O2/c21-13-8-9-17(15(22)10-13)26-20-18(27(28)29)19(23-11-24-20)25-16-7-3-5-12-4-1-2-6-14(12)16/h1-11H,(H2,23,24,25,26). The Morgan fingerprint density at radius 1 is 0.931 bits per heavy atom. The maximum Gasteiger partial charge on any atom is 0.353 e. The Bertz CT molecular complexity index is 1230. The van der Waals surface area contributed by atoms with Crippen molar-refractivity contribution in [1.82, 2.24) is 9.97 Å². The van der Waals surface area contributed by atoms with Gasteiger partial charge in [0.25, 0.3) is 0 Å². The summed E-state index contributed by atoms with van der Waals surface area (Å²) in [5.74, 6) is -0.689. The summed E-state index contributed by atoms with van der Waals surface area (Å²) in [6, 6.07) is 17.6. The molecule has 3 aromatic carbocycles. The third-order valence-corrected chi connectivity index (χ3v) is 4.73. The minimum atomic E-state index is -0.605. The molecule has 144 valence electrons. The minimum Gasteiger partial charge on any atom is -0.334 e. The van der Waals surface area contributed by atoms with Crippen LogP contribution in [0.2, 0.25) is 0 Å². The number of halogens is 2. The van der Waals surface area contributed by atoms with Gasteiger partial charge < -0.3 is 10.6 Å². The highest BCUT2D eigenvalue weighted by Crippen LogP contribution is 2.35. The summed E-state index contributed by atoms with van der Waals surface area (Å²) in [5.41, 5.74) is 0.333. The molecule has 0 fully saturated rings. The summed E-state index contributed by atoms with van der Waals surface area (Å²) in [7, 11) is 0. The zero-order chi connectivity index (χ0) is 20.4. The van der Waals surface area contributed by atoms with Gasteiger partial charge in [0, 0.05) is 15.5 Å². The van der Waals surface area contributed by atoms with E-state index < -0.39 is 10.7 Å². The molecular weight excluding hydrogens is 441 g/mol.